The summed E-state index contributed by atoms with van der Waals surface area (Å²) in [6.45, 7) is 2.88. The molecule has 2 aromatic rings. The lowest BCUT2D eigenvalue weighted by Crippen LogP contribution is -2.44. The number of thioether (sulfide) groups is 1. The maximum Gasteiger partial charge on any atom is 0.285 e. The summed E-state index contributed by atoms with van der Waals surface area (Å²) in [5.41, 5.74) is 3.74. The van der Waals surface area contributed by atoms with E-state index in [0.717, 1.165) is 34.5 Å². The molecule has 1 N–H and O–H groups in total. The molecule has 162 valence electrons. The highest BCUT2D eigenvalue weighted by molar-refractivity contribution is 8.26. The van der Waals surface area contributed by atoms with Gasteiger partial charge in [-0.25, -0.2) is 0 Å². The highest BCUT2D eigenvalue weighted by Crippen LogP contribution is 2.31. The van der Waals surface area contributed by atoms with Crippen LogP contribution in [-0.2, 0) is 4.79 Å². The minimum atomic E-state index is -0.458. The van der Waals surface area contributed by atoms with Crippen LogP contribution in [-0.4, -0.2) is 27.8 Å². The molecule has 3 rings (SSSR count). The zero-order valence-corrected chi connectivity index (χ0v) is 19.5. The largest absolute Gasteiger partial charge is 0.494 e. The summed E-state index contributed by atoms with van der Waals surface area (Å²) < 4.78 is 6.01. The van der Waals surface area contributed by atoms with Gasteiger partial charge in [-0.15, -0.1) is 0 Å². The zero-order valence-electron chi connectivity index (χ0n) is 17.1. The van der Waals surface area contributed by atoms with Crippen LogP contribution in [0.15, 0.2) is 53.4 Å². The number of carbonyl (C=O) groups is 2. The van der Waals surface area contributed by atoms with Gasteiger partial charge in [-0.1, -0.05) is 67.7 Å². The minimum absolute atomic E-state index is 0.263. The topological polar surface area (TPSA) is 58.6 Å². The Hall–Kier alpha value is -2.35. The van der Waals surface area contributed by atoms with Gasteiger partial charge in [-0.3, -0.25) is 15.0 Å². The number of nitrogens with one attached hydrogen (secondary N) is 1. The van der Waals surface area contributed by atoms with Crippen LogP contribution in [0.5, 0.6) is 5.75 Å². The molecule has 1 heterocycles. The Morgan fingerprint density at radius 3 is 2.68 bits per heavy atom. The van der Waals surface area contributed by atoms with Crippen LogP contribution >= 0.6 is 35.6 Å². The fourth-order valence-electron chi connectivity index (χ4n) is 2.89. The predicted octanol–water partition coefficient (Wildman–Crippen LogP) is 5.85. The summed E-state index contributed by atoms with van der Waals surface area (Å²) in [6, 6.07) is 14.0. The first-order valence-corrected chi connectivity index (χ1v) is 11.7. The van der Waals surface area contributed by atoms with Crippen molar-refractivity contribution in [1.82, 2.24) is 10.4 Å². The van der Waals surface area contributed by atoms with Crippen molar-refractivity contribution in [3.63, 3.8) is 0 Å². The summed E-state index contributed by atoms with van der Waals surface area (Å²) in [4.78, 5) is 25.6. The number of halogens is 1. The molecule has 2 aromatic carbocycles. The molecule has 0 aliphatic carbocycles. The minimum Gasteiger partial charge on any atom is -0.494 e. The van der Waals surface area contributed by atoms with Crippen molar-refractivity contribution >= 4 is 57.8 Å². The third-order valence-corrected chi connectivity index (χ3v) is 6.08. The van der Waals surface area contributed by atoms with Gasteiger partial charge in [0.25, 0.3) is 11.8 Å². The Labute approximate surface area is 196 Å². The number of benzene rings is 2. The number of amides is 2. The Bertz CT molecular complexity index is 993. The van der Waals surface area contributed by atoms with Gasteiger partial charge in [-0.2, -0.15) is 5.01 Å². The lowest BCUT2D eigenvalue weighted by atomic mass is 10.2. The van der Waals surface area contributed by atoms with Crippen molar-refractivity contribution in [2.75, 3.05) is 6.61 Å². The van der Waals surface area contributed by atoms with Gasteiger partial charge in [0, 0.05) is 10.6 Å². The summed E-state index contributed by atoms with van der Waals surface area (Å²) in [5.74, 6) is -0.0305. The molecular weight excluding hydrogens is 452 g/mol. The molecule has 0 bridgehead atoms. The molecule has 31 heavy (non-hydrogen) atoms. The Morgan fingerprint density at radius 2 is 1.97 bits per heavy atom. The molecule has 0 unspecified atom stereocenters. The van der Waals surface area contributed by atoms with E-state index in [1.807, 2.05) is 24.3 Å². The van der Waals surface area contributed by atoms with E-state index >= 15 is 0 Å². The molecule has 0 spiro atoms. The van der Waals surface area contributed by atoms with Gasteiger partial charge in [0.15, 0.2) is 4.32 Å². The van der Waals surface area contributed by atoms with Crippen molar-refractivity contribution < 1.29 is 14.3 Å². The maximum atomic E-state index is 12.7. The summed E-state index contributed by atoms with van der Waals surface area (Å²) in [7, 11) is 0. The fourth-order valence-corrected chi connectivity index (χ4v) is 4.26. The van der Waals surface area contributed by atoms with E-state index in [-0.39, 0.29) is 10.2 Å². The van der Waals surface area contributed by atoms with E-state index in [2.05, 4.69) is 12.3 Å². The number of hydrazine groups is 1. The van der Waals surface area contributed by atoms with Crippen LogP contribution in [0.3, 0.4) is 0 Å². The molecule has 5 nitrogen and oxygen atoms in total. The summed E-state index contributed by atoms with van der Waals surface area (Å²) in [5, 5.41) is 1.52. The second-order valence-electron chi connectivity index (χ2n) is 6.95. The van der Waals surface area contributed by atoms with Crippen molar-refractivity contribution in [3.05, 3.63) is 69.6 Å². The van der Waals surface area contributed by atoms with Crippen LogP contribution in [0.2, 0.25) is 5.02 Å². The van der Waals surface area contributed by atoms with Crippen molar-refractivity contribution in [3.8, 4) is 5.75 Å². The van der Waals surface area contributed by atoms with Crippen LogP contribution in [0.25, 0.3) is 6.08 Å². The van der Waals surface area contributed by atoms with E-state index in [4.69, 9.17) is 28.6 Å². The normalized spacial score (nSPS) is 14.9. The van der Waals surface area contributed by atoms with Gasteiger partial charge in [0.1, 0.15) is 5.75 Å². The number of hydrogen-bond donors (Lipinski definition) is 1. The molecule has 0 saturated carbocycles. The third-order valence-electron chi connectivity index (χ3n) is 4.54. The van der Waals surface area contributed by atoms with Gasteiger partial charge in [0.2, 0.25) is 0 Å². The number of thiocarbonyl (C=S) groups is 1. The number of rotatable bonds is 9. The molecule has 1 fully saturated rings. The maximum absolute atomic E-state index is 12.7. The Morgan fingerprint density at radius 1 is 1.19 bits per heavy atom. The summed E-state index contributed by atoms with van der Waals surface area (Å²) >= 11 is 12.3. The van der Waals surface area contributed by atoms with E-state index in [9.17, 15) is 9.59 Å². The Balaban J connectivity index is 1.60. The number of nitrogens with zero attached hydrogens (tertiary/aromatic N) is 1. The lowest BCUT2D eigenvalue weighted by Gasteiger charge is -2.15. The zero-order chi connectivity index (χ0) is 22.2. The highest BCUT2D eigenvalue weighted by atomic mass is 35.5. The quantitative estimate of drug-likeness (QED) is 0.281. The molecule has 0 radical (unpaired) electrons. The van der Waals surface area contributed by atoms with E-state index in [1.54, 1.807) is 24.3 Å². The molecule has 1 aliphatic heterocycles. The Kier molecular flexibility index (Phi) is 8.51. The highest BCUT2D eigenvalue weighted by Gasteiger charge is 2.33. The number of ether oxygens (including phenoxy) is 1. The molecule has 8 heteroatoms. The molecule has 1 aliphatic rings. The van der Waals surface area contributed by atoms with Gasteiger partial charge >= 0.3 is 0 Å². The van der Waals surface area contributed by atoms with Crippen LogP contribution in [0, 0.1) is 0 Å². The van der Waals surface area contributed by atoms with E-state index in [1.165, 1.54) is 25.3 Å². The first-order chi connectivity index (χ1) is 15.0. The summed E-state index contributed by atoms with van der Waals surface area (Å²) in [6.07, 6.45) is 6.38. The third kappa shape index (κ3) is 6.56. The van der Waals surface area contributed by atoms with Gasteiger partial charge < -0.3 is 4.74 Å². The monoisotopic (exact) mass is 474 g/mol. The standard InChI is InChI=1S/C23H23ClN2O3S2/c1-2-3-4-5-13-29-19-11-9-16(10-12-19)14-20-22(28)26(23(30)31-20)25-21(27)17-7-6-8-18(24)15-17/h6-12,14-15H,2-5,13H2,1H3,(H,25,27)/b20-14-. The smallest absolute Gasteiger partial charge is 0.285 e. The lowest BCUT2D eigenvalue weighted by molar-refractivity contribution is -0.123. The number of hydrogen-bond acceptors (Lipinski definition) is 5. The van der Waals surface area contributed by atoms with Gasteiger partial charge in [0.05, 0.1) is 11.5 Å². The fraction of sp³-hybridized carbons (Fsp3) is 0.261. The first-order valence-electron chi connectivity index (χ1n) is 10.1. The van der Waals surface area contributed by atoms with Crippen molar-refractivity contribution in [2.24, 2.45) is 0 Å². The SMILES string of the molecule is CCCCCCOc1ccc(/C=C2\SC(=S)N(NC(=O)c3cccc(Cl)c3)C2=O)cc1. The van der Waals surface area contributed by atoms with Crippen LogP contribution in [0.4, 0.5) is 0 Å². The second-order valence-corrected chi connectivity index (χ2v) is 9.06. The first kappa shape index (κ1) is 23.3. The van der Waals surface area contributed by atoms with Crippen molar-refractivity contribution in [1.29, 1.82) is 0 Å². The molecule has 1 saturated heterocycles. The average Bonchev–Trinajstić information content (AvgIpc) is 3.02. The van der Waals surface area contributed by atoms with Gasteiger partial charge in [-0.05, 0) is 60.6 Å². The van der Waals surface area contributed by atoms with Crippen LogP contribution in [0.1, 0.15) is 48.5 Å². The molecule has 0 aromatic heterocycles. The van der Waals surface area contributed by atoms with E-state index < -0.39 is 5.91 Å². The number of carbonyl (C=O) groups excluding carboxylic acids is 2. The van der Waals surface area contributed by atoms with Crippen LogP contribution < -0.4 is 10.2 Å². The molecule has 0 atom stereocenters. The predicted molar refractivity (Wildman–Crippen MR) is 130 cm³/mol. The average molecular weight is 475 g/mol. The number of unbranched alkanes of at least 4 members (excludes halogenated alkanes) is 3. The molecule has 2 amide bonds. The molecular formula is C23H23ClN2O3S2. The van der Waals surface area contributed by atoms with E-state index in [0.29, 0.717) is 22.1 Å². The van der Waals surface area contributed by atoms with Crippen molar-refractivity contribution in [2.45, 2.75) is 32.6 Å². The second kappa shape index (κ2) is 11.3.